The van der Waals surface area contributed by atoms with E-state index in [-0.39, 0.29) is 32.3 Å². The molecule has 28 heavy (non-hydrogen) atoms. The topological polar surface area (TPSA) is 103 Å². The van der Waals surface area contributed by atoms with Crippen LogP contribution in [0.1, 0.15) is 23.7 Å². The Kier molecular flexibility index (Phi) is 12.7. The summed E-state index contributed by atoms with van der Waals surface area (Å²) in [7, 11) is 1.54. The molecule has 0 fully saturated rings. The van der Waals surface area contributed by atoms with E-state index in [9.17, 15) is 14.7 Å². The third kappa shape index (κ3) is 10.1. The van der Waals surface area contributed by atoms with Gasteiger partial charge < -0.3 is 29.4 Å². The van der Waals surface area contributed by atoms with Gasteiger partial charge in [-0.15, -0.1) is 0 Å². The molecule has 158 valence electrons. The van der Waals surface area contributed by atoms with Gasteiger partial charge in [0, 0.05) is 23.8 Å². The highest BCUT2D eigenvalue weighted by Gasteiger charge is 2.25. The second-order valence-electron chi connectivity index (χ2n) is 6.00. The summed E-state index contributed by atoms with van der Waals surface area (Å²) in [6.45, 7) is 3.25. The first-order valence-electron chi connectivity index (χ1n) is 8.99. The van der Waals surface area contributed by atoms with Crippen molar-refractivity contribution in [2.75, 3.05) is 46.9 Å². The number of aliphatic carboxylic acids is 1. The zero-order valence-electron chi connectivity index (χ0n) is 16.2. The first-order chi connectivity index (χ1) is 13.5. The van der Waals surface area contributed by atoms with Crippen molar-refractivity contribution in [2.45, 2.75) is 19.4 Å². The lowest BCUT2D eigenvalue weighted by atomic mass is 10.0. The van der Waals surface area contributed by atoms with E-state index in [0.717, 1.165) is 4.47 Å². The van der Waals surface area contributed by atoms with Crippen molar-refractivity contribution in [1.29, 1.82) is 0 Å². The van der Waals surface area contributed by atoms with E-state index in [0.29, 0.717) is 25.4 Å². The smallest absolute Gasteiger partial charge is 0.308 e. The number of benzene rings is 1. The summed E-state index contributed by atoms with van der Waals surface area (Å²) in [6, 6.07) is 6.38. The fourth-order valence-corrected chi connectivity index (χ4v) is 2.59. The van der Waals surface area contributed by atoms with Crippen LogP contribution in [-0.2, 0) is 23.7 Å². The van der Waals surface area contributed by atoms with Crippen molar-refractivity contribution < 1.29 is 33.6 Å². The van der Waals surface area contributed by atoms with Crippen LogP contribution in [0, 0.1) is 5.92 Å². The number of carbonyl (C=O) groups excluding carboxylic acids is 1. The highest BCUT2D eigenvalue weighted by molar-refractivity contribution is 9.10. The van der Waals surface area contributed by atoms with Crippen LogP contribution in [0.15, 0.2) is 28.7 Å². The minimum Gasteiger partial charge on any atom is -0.481 e. The number of methoxy groups -OCH3 is 1. The lowest BCUT2D eigenvalue weighted by Crippen LogP contribution is -2.41. The van der Waals surface area contributed by atoms with Crippen LogP contribution in [-0.4, -0.2) is 70.0 Å². The van der Waals surface area contributed by atoms with Gasteiger partial charge in [0.15, 0.2) is 0 Å². The van der Waals surface area contributed by atoms with Crippen LogP contribution in [0.5, 0.6) is 0 Å². The van der Waals surface area contributed by atoms with Crippen LogP contribution < -0.4 is 5.32 Å². The Balaban J connectivity index is 2.70. The molecule has 1 aromatic carbocycles. The molecule has 2 N–H and O–H groups in total. The Morgan fingerprint density at radius 1 is 1.11 bits per heavy atom. The molecule has 8 nitrogen and oxygen atoms in total. The monoisotopic (exact) mass is 461 g/mol. The molecule has 0 aliphatic rings. The summed E-state index contributed by atoms with van der Waals surface area (Å²) in [5.41, 5.74) is 0.473. The van der Waals surface area contributed by atoms with E-state index >= 15 is 0 Å². The average Bonchev–Trinajstić information content (AvgIpc) is 2.67. The van der Waals surface area contributed by atoms with Gasteiger partial charge in [-0.1, -0.05) is 15.9 Å². The molecule has 1 rings (SSSR count). The Morgan fingerprint density at radius 3 is 2.43 bits per heavy atom. The van der Waals surface area contributed by atoms with Gasteiger partial charge in [-0.2, -0.15) is 0 Å². The van der Waals surface area contributed by atoms with Crippen LogP contribution in [0.4, 0.5) is 0 Å². The maximum absolute atomic E-state index is 12.5. The lowest BCUT2D eigenvalue weighted by Gasteiger charge is -2.22. The molecule has 0 aromatic heterocycles. The Morgan fingerprint density at radius 2 is 1.82 bits per heavy atom. The molecule has 0 bridgehead atoms. The third-order valence-electron chi connectivity index (χ3n) is 3.80. The number of carboxylic acids is 1. The van der Waals surface area contributed by atoms with Gasteiger partial charge in [0.2, 0.25) is 0 Å². The molecule has 0 aliphatic carbocycles. The van der Waals surface area contributed by atoms with Crippen LogP contribution in [0.2, 0.25) is 0 Å². The molecule has 2 unspecified atom stereocenters. The zero-order chi connectivity index (χ0) is 20.8. The minimum absolute atomic E-state index is 0.0226. The van der Waals surface area contributed by atoms with Gasteiger partial charge >= 0.3 is 5.97 Å². The summed E-state index contributed by atoms with van der Waals surface area (Å²) in [5.74, 6) is -2.09. The van der Waals surface area contributed by atoms with E-state index in [2.05, 4.69) is 21.2 Å². The summed E-state index contributed by atoms with van der Waals surface area (Å²) in [5, 5.41) is 12.3. The molecule has 0 aliphatic heterocycles. The van der Waals surface area contributed by atoms with Gasteiger partial charge in [-0.05, 0) is 37.6 Å². The zero-order valence-corrected chi connectivity index (χ0v) is 17.8. The summed E-state index contributed by atoms with van der Waals surface area (Å²) in [4.78, 5) is 24.1. The minimum atomic E-state index is -0.995. The first kappa shape index (κ1) is 24.5. The number of nitrogens with one attached hydrogen (secondary N) is 1. The highest BCUT2D eigenvalue weighted by Crippen LogP contribution is 2.13. The normalized spacial score (nSPS) is 13.1. The van der Waals surface area contributed by atoms with Crippen LogP contribution in [0.3, 0.4) is 0 Å². The fraction of sp³-hybridized carbons (Fsp3) is 0.579. The van der Waals surface area contributed by atoms with Crippen molar-refractivity contribution >= 4 is 27.8 Å². The van der Waals surface area contributed by atoms with Crippen LogP contribution >= 0.6 is 15.9 Å². The number of ether oxygens (including phenoxy) is 4. The second kappa shape index (κ2) is 14.5. The molecule has 0 saturated carbocycles. The van der Waals surface area contributed by atoms with Crippen molar-refractivity contribution in [3.05, 3.63) is 34.3 Å². The summed E-state index contributed by atoms with van der Waals surface area (Å²) < 4.78 is 21.7. The average molecular weight is 462 g/mol. The van der Waals surface area contributed by atoms with Crippen molar-refractivity contribution in [2.24, 2.45) is 5.92 Å². The maximum atomic E-state index is 12.5. The van der Waals surface area contributed by atoms with Gasteiger partial charge in [0.05, 0.1) is 38.4 Å². The third-order valence-corrected chi connectivity index (χ3v) is 4.33. The van der Waals surface area contributed by atoms with E-state index in [1.165, 1.54) is 0 Å². The van der Waals surface area contributed by atoms with Gasteiger partial charge in [-0.3, -0.25) is 9.59 Å². The van der Waals surface area contributed by atoms with Crippen molar-refractivity contribution in [1.82, 2.24) is 5.32 Å². The van der Waals surface area contributed by atoms with Gasteiger partial charge in [0.25, 0.3) is 5.91 Å². The second-order valence-corrected chi connectivity index (χ2v) is 6.91. The van der Waals surface area contributed by atoms with Crippen molar-refractivity contribution in [3.8, 4) is 0 Å². The predicted molar refractivity (Wildman–Crippen MR) is 106 cm³/mol. The summed E-state index contributed by atoms with van der Waals surface area (Å²) >= 11 is 3.32. The molecule has 1 amide bonds. The number of halogens is 1. The van der Waals surface area contributed by atoms with Gasteiger partial charge in [0.1, 0.15) is 6.79 Å². The van der Waals surface area contributed by atoms with E-state index in [1.54, 1.807) is 31.4 Å². The number of rotatable bonds is 15. The Hall–Kier alpha value is -1.52. The quantitative estimate of drug-likeness (QED) is 0.305. The molecular formula is C19H28BrNO7. The number of hydrogen-bond donors (Lipinski definition) is 2. The molecule has 0 spiro atoms. The molecule has 0 saturated heterocycles. The molecule has 1 aromatic rings. The number of amides is 1. The van der Waals surface area contributed by atoms with Gasteiger partial charge in [-0.25, -0.2) is 0 Å². The largest absolute Gasteiger partial charge is 0.481 e. The first-order valence-corrected chi connectivity index (χ1v) is 9.78. The molecular weight excluding hydrogens is 434 g/mol. The molecule has 2 atom stereocenters. The van der Waals surface area contributed by atoms with E-state index in [4.69, 9.17) is 18.9 Å². The number of carboxylic acid groups (broad SMARTS) is 1. The number of carbonyl (C=O) groups is 2. The van der Waals surface area contributed by atoms with Crippen molar-refractivity contribution in [3.63, 3.8) is 0 Å². The molecule has 0 heterocycles. The van der Waals surface area contributed by atoms with Crippen LogP contribution in [0.25, 0.3) is 0 Å². The summed E-state index contributed by atoms with van der Waals surface area (Å²) in [6.07, 6.45) is 0.163. The standard InChI is InChI=1S/C19H28BrNO7/c1-3-26-13-28-12-17(10-15(19(23)24)11-27-9-8-25-2)21-18(22)14-4-6-16(20)7-5-14/h4-7,15,17H,3,8-13H2,1-2H3,(H,21,22)(H,23,24). The Bertz CT molecular complexity index is 582. The predicted octanol–water partition coefficient (Wildman–Crippen LogP) is 2.31. The fourth-order valence-electron chi connectivity index (χ4n) is 2.32. The highest BCUT2D eigenvalue weighted by atomic mass is 79.9. The molecule has 9 heteroatoms. The van der Waals surface area contributed by atoms with E-state index < -0.39 is 17.9 Å². The SMILES string of the molecule is CCOCOCC(CC(COCCOC)C(=O)O)NC(=O)c1ccc(Br)cc1. The Labute approximate surface area is 173 Å². The van der Waals surface area contributed by atoms with E-state index in [1.807, 2.05) is 6.92 Å². The number of hydrogen-bond acceptors (Lipinski definition) is 6. The molecule has 0 radical (unpaired) electrons. The maximum Gasteiger partial charge on any atom is 0.308 e. The lowest BCUT2D eigenvalue weighted by molar-refractivity contribution is -0.145.